The predicted octanol–water partition coefficient (Wildman–Crippen LogP) is 3.33. The molecule has 1 aromatic carbocycles. The van der Waals surface area contributed by atoms with E-state index in [4.69, 9.17) is 5.73 Å². The fourth-order valence-corrected chi connectivity index (χ4v) is 2.03. The fraction of sp³-hybridized carbons (Fsp3) is 0.312. The SMILES string of the molecule is CCc1ccc(CC(N)c2ccc(F)c(C)c2)nc1. The highest BCUT2D eigenvalue weighted by molar-refractivity contribution is 5.27. The molecule has 2 aromatic rings. The maximum absolute atomic E-state index is 13.2. The van der Waals surface area contributed by atoms with E-state index in [-0.39, 0.29) is 11.9 Å². The van der Waals surface area contributed by atoms with Crippen molar-refractivity contribution < 1.29 is 4.39 Å². The monoisotopic (exact) mass is 258 g/mol. The van der Waals surface area contributed by atoms with Crippen molar-refractivity contribution >= 4 is 0 Å². The Labute approximate surface area is 113 Å². The van der Waals surface area contributed by atoms with Gasteiger partial charge in [0, 0.05) is 24.4 Å². The van der Waals surface area contributed by atoms with Gasteiger partial charge >= 0.3 is 0 Å². The Kier molecular flexibility index (Phi) is 4.27. The summed E-state index contributed by atoms with van der Waals surface area (Å²) in [5.41, 5.74) is 9.91. The summed E-state index contributed by atoms with van der Waals surface area (Å²) < 4.78 is 13.2. The van der Waals surface area contributed by atoms with Gasteiger partial charge in [0.25, 0.3) is 0 Å². The molecule has 0 aliphatic carbocycles. The zero-order valence-electron chi connectivity index (χ0n) is 11.4. The summed E-state index contributed by atoms with van der Waals surface area (Å²) >= 11 is 0. The predicted molar refractivity (Wildman–Crippen MR) is 75.4 cm³/mol. The number of hydrogen-bond acceptors (Lipinski definition) is 2. The van der Waals surface area contributed by atoms with E-state index in [1.54, 1.807) is 19.1 Å². The Balaban J connectivity index is 2.10. The molecule has 0 aliphatic rings. The van der Waals surface area contributed by atoms with Gasteiger partial charge in [-0.15, -0.1) is 0 Å². The van der Waals surface area contributed by atoms with Crippen LogP contribution in [0.5, 0.6) is 0 Å². The van der Waals surface area contributed by atoms with Gasteiger partial charge in [0.2, 0.25) is 0 Å². The molecule has 2 nitrogen and oxygen atoms in total. The minimum atomic E-state index is -0.193. The molecule has 0 fully saturated rings. The van der Waals surface area contributed by atoms with Crippen molar-refractivity contribution in [2.75, 3.05) is 0 Å². The Hall–Kier alpha value is -1.74. The summed E-state index contributed by atoms with van der Waals surface area (Å²) in [6.07, 6.45) is 3.53. The molecule has 1 heterocycles. The molecule has 19 heavy (non-hydrogen) atoms. The molecule has 0 saturated heterocycles. The van der Waals surface area contributed by atoms with Gasteiger partial charge in [-0.2, -0.15) is 0 Å². The van der Waals surface area contributed by atoms with Crippen LogP contribution in [0.2, 0.25) is 0 Å². The second kappa shape index (κ2) is 5.93. The second-order valence-electron chi connectivity index (χ2n) is 4.83. The van der Waals surface area contributed by atoms with Gasteiger partial charge in [-0.1, -0.05) is 25.1 Å². The third kappa shape index (κ3) is 3.38. The van der Waals surface area contributed by atoms with Gasteiger partial charge in [0.1, 0.15) is 5.82 Å². The Morgan fingerprint density at radius 1 is 1.26 bits per heavy atom. The highest BCUT2D eigenvalue weighted by atomic mass is 19.1. The highest BCUT2D eigenvalue weighted by Gasteiger charge is 2.09. The summed E-state index contributed by atoms with van der Waals surface area (Å²) in [4.78, 5) is 4.40. The molecule has 1 atom stereocenters. The molecule has 2 N–H and O–H groups in total. The lowest BCUT2D eigenvalue weighted by atomic mass is 10.0. The normalized spacial score (nSPS) is 12.4. The van der Waals surface area contributed by atoms with Crippen LogP contribution in [0, 0.1) is 12.7 Å². The third-order valence-corrected chi connectivity index (χ3v) is 3.33. The summed E-state index contributed by atoms with van der Waals surface area (Å²) in [5, 5.41) is 0. The first-order valence-corrected chi connectivity index (χ1v) is 6.55. The standard InChI is InChI=1S/C16H19FN2/c1-3-12-4-6-14(19-10-12)9-16(18)13-5-7-15(17)11(2)8-13/h4-8,10,16H,3,9,18H2,1-2H3. The molecule has 0 amide bonds. The van der Waals surface area contributed by atoms with Gasteiger partial charge in [0.05, 0.1) is 0 Å². The van der Waals surface area contributed by atoms with Crippen molar-refractivity contribution in [1.82, 2.24) is 4.98 Å². The molecule has 100 valence electrons. The summed E-state index contributed by atoms with van der Waals surface area (Å²) in [6, 6.07) is 8.95. The highest BCUT2D eigenvalue weighted by Crippen LogP contribution is 2.18. The summed E-state index contributed by atoms with van der Waals surface area (Å²) in [7, 11) is 0. The average molecular weight is 258 g/mol. The zero-order valence-corrected chi connectivity index (χ0v) is 11.4. The maximum atomic E-state index is 13.2. The van der Waals surface area contributed by atoms with Crippen LogP contribution in [-0.4, -0.2) is 4.98 Å². The van der Waals surface area contributed by atoms with Crippen LogP contribution in [0.4, 0.5) is 4.39 Å². The molecular formula is C16H19FN2. The molecule has 1 unspecified atom stereocenters. The van der Waals surface area contributed by atoms with Gasteiger partial charge in [0.15, 0.2) is 0 Å². The average Bonchev–Trinajstić information content (AvgIpc) is 2.42. The fourth-order valence-electron chi connectivity index (χ4n) is 2.03. The van der Waals surface area contributed by atoms with E-state index in [0.29, 0.717) is 12.0 Å². The van der Waals surface area contributed by atoms with Crippen molar-refractivity contribution in [3.05, 3.63) is 64.7 Å². The molecule has 2 rings (SSSR count). The van der Waals surface area contributed by atoms with Crippen LogP contribution in [0.3, 0.4) is 0 Å². The molecule has 1 aromatic heterocycles. The Morgan fingerprint density at radius 2 is 2.05 bits per heavy atom. The number of rotatable bonds is 4. The lowest BCUT2D eigenvalue weighted by molar-refractivity contribution is 0.614. The lowest BCUT2D eigenvalue weighted by Gasteiger charge is -2.13. The van der Waals surface area contributed by atoms with Crippen LogP contribution in [0.1, 0.15) is 35.3 Å². The topological polar surface area (TPSA) is 38.9 Å². The smallest absolute Gasteiger partial charge is 0.126 e. The maximum Gasteiger partial charge on any atom is 0.126 e. The van der Waals surface area contributed by atoms with Crippen LogP contribution in [-0.2, 0) is 12.8 Å². The first-order chi connectivity index (χ1) is 9.10. The van der Waals surface area contributed by atoms with E-state index in [1.807, 2.05) is 12.3 Å². The largest absolute Gasteiger partial charge is 0.324 e. The van der Waals surface area contributed by atoms with E-state index in [1.165, 1.54) is 11.6 Å². The van der Waals surface area contributed by atoms with Gasteiger partial charge in [-0.25, -0.2) is 4.39 Å². The van der Waals surface area contributed by atoms with Crippen molar-refractivity contribution in [2.24, 2.45) is 5.73 Å². The van der Waals surface area contributed by atoms with Crippen molar-refractivity contribution in [1.29, 1.82) is 0 Å². The summed E-state index contributed by atoms with van der Waals surface area (Å²) in [6.45, 7) is 3.85. The van der Waals surface area contributed by atoms with Crippen LogP contribution in [0.15, 0.2) is 36.5 Å². The molecular weight excluding hydrogens is 239 g/mol. The molecule has 0 aliphatic heterocycles. The first kappa shape index (κ1) is 13.7. The van der Waals surface area contributed by atoms with Crippen molar-refractivity contribution in [3.8, 4) is 0 Å². The Bertz CT molecular complexity index is 549. The minimum Gasteiger partial charge on any atom is -0.324 e. The number of halogens is 1. The Morgan fingerprint density at radius 3 is 2.63 bits per heavy atom. The third-order valence-electron chi connectivity index (χ3n) is 3.33. The number of aromatic nitrogens is 1. The van der Waals surface area contributed by atoms with Crippen LogP contribution < -0.4 is 5.73 Å². The van der Waals surface area contributed by atoms with Gasteiger partial charge in [-0.3, -0.25) is 4.98 Å². The van der Waals surface area contributed by atoms with Crippen LogP contribution in [0.25, 0.3) is 0 Å². The quantitative estimate of drug-likeness (QED) is 0.913. The number of nitrogens with zero attached hydrogens (tertiary/aromatic N) is 1. The van der Waals surface area contributed by atoms with E-state index >= 15 is 0 Å². The molecule has 0 saturated carbocycles. The number of hydrogen-bond donors (Lipinski definition) is 1. The van der Waals surface area contributed by atoms with Crippen LogP contribution >= 0.6 is 0 Å². The lowest BCUT2D eigenvalue weighted by Crippen LogP contribution is -2.14. The number of benzene rings is 1. The first-order valence-electron chi connectivity index (χ1n) is 6.55. The number of nitrogens with two attached hydrogens (primary N) is 1. The number of aryl methyl sites for hydroxylation is 2. The van der Waals surface area contributed by atoms with Crippen molar-refractivity contribution in [3.63, 3.8) is 0 Å². The van der Waals surface area contributed by atoms with E-state index < -0.39 is 0 Å². The van der Waals surface area contributed by atoms with E-state index in [9.17, 15) is 4.39 Å². The van der Waals surface area contributed by atoms with Gasteiger partial charge < -0.3 is 5.73 Å². The van der Waals surface area contributed by atoms with Crippen molar-refractivity contribution in [2.45, 2.75) is 32.7 Å². The number of pyridine rings is 1. The molecule has 0 radical (unpaired) electrons. The van der Waals surface area contributed by atoms with Gasteiger partial charge in [-0.05, 0) is 42.2 Å². The molecule has 0 bridgehead atoms. The molecule has 0 spiro atoms. The zero-order chi connectivity index (χ0) is 13.8. The van der Waals surface area contributed by atoms with E-state index in [0.717, 1.165) is 17.7 Å². The molecule has 3 heteroatoms. The minimum absolute atomic E-state index is 0.153. The van der Waals surface area contributed by atoms with E-state index in [2.05, 4.69) is 18.0 Å². The second-order valence-corrected chi connectivity index (χ2v) is 4.83. The summed E-state index contributed by atoms with van der Waals surface area (Å²) in [5.74, 6) is -0.193.